The topological polar surface area (TPSA) is 12.4 Å². The molecule has 0 bridgehead atoms. The summed E-state index contributed by atoms with van der Waals surface area (Å²) in [4.78, 5) is 4.25. The molecule has 0 aliphatic heterocycles. The van der Waals surface area contributed by atoms with Gasteiger partial charge in [0, 0.05) is 6.21 Å². The van der Waals surface area contributed by atoms with Gasteiger partial charge in [-0.2, -0.15) is 13.2 Å². The van der Waals surface area contributed by atoms with Gasteiger partial charge < -0.3 is 0 Å². The minimum Gasteiger partial charge on any atom is -0.261 e. The van der Waals surface area contributed by atoms with E-state index in [1.165, 1.54) is 17.7 Å². The second-order valence-electron chi connectivity index (χ2n) is 6.54. The van der Waals surface area contributed by atoms with Crippen LogP contribution in [0.2, 0.25) is 0 Å². The maximum Gasteiger partial charge on any atom is 0.416 e. The van der Waals surface area contributed by atoms with E-state index in [0.29, 0.717) is 5.69 Å². The highest BCUT2D eigenvalue weighted by Crippen LogP contribution is 2.30. The van der Waals surface area contributed by atoms with Gasteiger partial charge in [0.1, 0.15) is 0 Å². The first-order chi connectivity index (χ1) is 10.1. The smallest absolute Gasteiger partial charge is 0.261 e. The van der Waals surface area contributed by atoms with E-state index in [0.717, 1.165) is 31.4 Å². The lowest BCUT2D eigenvalue weighted by atomic mass is 9.84. The lowest BCUT2D eigenvalue weighted by Gasteiger charge is -2.21. The molecular weight excluding hydrogens is 287 g/mol. The van der Waals surface area contributed by atoms with Crippen molar-refractivity contribution in [1.82, 2.24) is 0 Å². The molecule has 1 rings (SSSR count). The Morgan fingerprint density at radius 1 is 1.09 bits per heavy atom. The zero-order valence-electron chi connectivity index (χ0n) is 13.7. The van der Waals surface area contributed by atoms with Crippen LogP contribution in [0.15, 0.2) is 40.9 Å². The third-order valence-electron chi connectivity index (χ3n) is 3.45. The van der Waals surface area contributed by atoms with Crippen LogP contribution < -0.4 is 0 Å². The highest BCUT2D eigenvalue weighted by molar-refractivity contribution is 5.63. The number of hydrogen-bond donors (Lipinski definition) is 0. The molecule has 0 aliphatic rings. The molecule has 0 amide bonds. The predicted octanol–water partition coefficient (Wildman–Crippen LogP) is 6.57. The Bertz CT molecular complexity index is 518. The van der Waals surface area contributed by atoms with Gasteiger partial charge in [0.05, 0.1) is 11.3 Å². The molecule has 1 aromatic carbocycles. The third-order valence-corrected chi connectivity index (χ3v) is 3.45. The van der Waals surface area contributed by atoms with Crippen LogP contribution in [-0.2, 0) is 6.18 Å². The van der Waals surface area contributed by atoms with Crippen molar-refractivity contribution in [3.8, 4) is 0 Å². The monoisotopic (exact) mass is 311 g/mol. The number of halogens is 3. The van der Waals surface area contributed by atoms with Gasteiger partial charge in [-0.3, -0.25) is 4.99 Å². The lowest BCUT2D eigenvalue weighted by molar-refractivity contribution is -0.137. The SMILES string of the molecule is CC(C)=CCCC(C)(C)CC=Nc1ccc(C(F)(F)F)cc1. The van der Waals surface area contributed by atoms with Gasteiger partial charge in [0.15, 0.2) is 0 Å². The van der Waals surface area contributed by atoms with E-state index in [1.54, 1.807) is 6.21 Å². The zero-order chi connectivity index (χ0) is 16.8. The molecule has 122 valence electrons. The summed E-state index contributed by atoms with van der Waals surface area (Å²) in [7, 11) is 0. The molecule has 0 saturated heterocycles. The molecule has 0 heterocycles. The molecule has 0 unspecified atom stereocenters. The molecule has 0 aliphatic carbocycles. The number of allylic oxidation sites excluding steroid dienone is 2. The Kier molecular flexibility index (Phi) is 6.39. The van der Waals surface area contributed by atoms with E-state index in [2.05, 4.69) is 38.8 Å². The minimum absolute atomic E-state index is 0.126. The number of benzene rings is 1. The standard InChI is InChI=1S/C18H24F3N/c1-14(2)6-5-11-17(3,4)12-13-22-16-9-7-15(8-10-16)18(19,20)21/h6-10,13H,5,11-12H2,1-4H3. The van der Waals surface area contributed by atoms with Gasteiger partial charge in [-0.15, -0.1) is 0 Å². The van der Waals surface area contributed by atoms with Crippen LogP contribution in [0.1, 0.15) is 52.5 Å². The Hall–Kier alpha value is -1.58. The van der Waals surface area contributed by atoms with E-state index in [4.69, 9.17) is 0 Å². The van der Waals surface area contributed by atoms with E-state index in [-0.39, 0.29) is 5.41 Å². The Balaban J connectivity index is 2.56. The summed E-state index contributed by atoms with van der Waals surface area (Å²) in [5.41, 5.74) is 1.34. The van der Waals surface area contributed by atoms with Crippen molar-refractivity contribution in [2.75, 3.05) is 0 Å². The molecule has 0 saturated carbocycles. The highest BCUT2D eigenvalue weighted by atomic mass is 19.4. The van der Waals surface area contributed by atoms with Crippen LogP contribution in [0.25, 0.3) is 0 Å². The number of aliphatic imine (C=N–C) groups is 1. The summed E-state index contributed by atoms with van der Waals surface area (Å²) in [5.74, 6) is 0. The Labute approximate surface area is 131 Å². The first-order valence-electron chi connectivity index (χ1n) is 7.43. The summed E-state index contributed by atoms with van der Waals surface area (Å²) in [6.45, 7) is 8.51. The van der Waals surface area contributed by atoms with Crippen molar-refractivity contribution in [1.29, 1.82) is 0 Å². The fraction of sp³-hybridized carbons (Fsp3) is 0.500. The van der Waals surface area contributed by atoms with Gasteiger partial charge >= 0.3 is 6.18 Å². The third kappa shape index (κ3) is 6.92. The van der Waals surface area contributed by atoms with E-state index < -0.39 is 11.7 Å². The van der Waals surface area contributed by atoms with Gasteiger partial charge in [0.25, 0.3) is 0 Å². The van der Waals surface area contributed by atoms with Crippen molar-refractivity contribution >= 4 is 11.9 Å². The van der Waals surface area contributed by atoms with Crippen molar-refractivity contribution < 1.29 is 13.2 Å². The van der Waals surface area contributed by atoms with Gasteiger partial charge in [-0.05, 0) is 62.8 Å². The summed E-state index contributed by atoms with van der Waals surface area (Å²) in [5, 5.41) is 0. The number of rotatable bonds is 6. The quantitative estimate of drug-likeness (QED) is 0.416. The normalized spacial score (nSPS) is 12.7. The molecule has 1 nitrogen and oxygen atoms in total. The van der Waals surface area contributed by atoms with Crippen LogP contribution in [0, 0.1) is 5.41 Å². The summed E-state index contributed by atoms with van der Waals surface area (Å²) < 4.78 is 37.4. The largest absolute Gasteiger partial charge is 0.416 e. The van der Waals surface area contributed by atoms with E-state index in [9.17, 15) is 13.2 Å². The average Bonchev–Trinajstić information content (AvgIpc) is 2.37. The lowest BCUT2D eigenvalue weighted by Crippen LogP contribution is -2.11. The highest BCUT2D eigenvalue weighted by Gasteiger charge is 2.29. The zero-order valence-corrected chi connectivity index (χ0v) is 13.7. The van der Waals surface area contributed by atoms with E-state index >= 15 is 0 Å². The van der Waals surface area contributed by atoms with Gasteiger partial charge in [0.2, 0.25) is 0 Å². The second-order valence-corrected chi connectivity index (χ2v) is 6.54. The molecule has 0 atom stereocenters. The van der Waals surface area contributed by atoms with Gasteiger partial charge in [-0.1, -0.05) is 25.5 Å². The van der Waals surface area contributed by atoms with Crippen LogP contribution in [0.4, 0.5) is 18.9 Å². The number of nitrogens with zero attached hydrogens (tertiary/aromatic N) is 1. The summed E-state index contributed by atoms with van der Waals surface area (Å²) in [6, 6.07) is 4.92. The first-order valence-corrected chi connectivity index (χ1v) is 7.43. The Morgan fingerprint density at radius 3 is 2.18 bits per heavy atom. The molecule has 0 fully saturated rings. The molecule has 0 radical (unpaired) electrons. The molecule has 0 spiro atoms. The fourth-order valence-corrected chi connectivity index (χ4v) is 1.99. The average molecular weight is 311 g/mol. The maximum absolute atomic E-state index is 12.5. The van der Waals surface area contributed by atoms with Crippen molar-refractivity contribution in [2.24, 2.45) is 10.4 Å². The molecule has 0 aromatic heterocycles. The second kappa shape index (κ2) is 7.61. The molecular formula is C18H24F3N. The fourth-order valence-electron chi connectivity index (χ4n) is 1.99. The molecule has 0 N–H and O–H groups in total. The van der Waals surface area contributed by atoms with Crippen LogP contribution in [0.3, 0.4) is 0 Å². The van der Waals surface area contributed by atoms with Crippen molar-refractivity contribution in [2.45, 2.75) is 53.1 Å². The predicted molar refractivity (Wildman–Crippen MR) is 86.7 cm³/mol. The molecule has 4 heteroatoms. The van der Waals surface area contributed by atoms with Crippen molar-refractivity contribution in [3.63, 3.8) is 0 Å². The maximum atomic E-state index is 12.5. The summed E-state index contributed by atoms with van der Waals surface area (Å²) in [6.07, 6.45) is 2.60. The number of alkyl halides is 3. The van der Waals surface area contributed by atoms with E-state index in [1.807, 2.05) is 0 Å². The van der Waals surface area contributed by atoms with Crippen LogP contribution in [-0.4, -0.2) is 6.21 Å². The first kappa shape index (κ1) is 18.5. The molecule has 1 aromatic rings. The van der Waals surface area contributed by atoms with Gasteiger partial charge in [-0.25, -0.2) is 0 Å². The summed E-state index contributed by atoms with van der Waals surface area (Å²) >= 11 is 0. The Morgan fingerprint density at radius 2 is 1.68 bits per heavy atom. The van der Waals surface area contributed by atoms with Crippen LogP contribution in [0.5, 0.6) is 0 Å². The number of hydrogen-bond acceptors (Lipinski definition) is 1. The minimum atomic E-state index is -4.30. The van der Waals surface area contributed by atoms with Crippen molar-refractivity contribution in [3.05, 3.63) is 41.5 Å². The van der Waals surface area contributed by atoms with Crippen LogP contribution >= 0.6 is 0 Å². The molecule has 22 heavy (non-hydrogen) atoms.